The van der Waals surface area contributed by atoms with Crippen molar-refractivity contribution >= 4 is 11.8 Å². The van der Waals surface area contributed by atoms with E-state index in [0.29, 0.717) is 0 Å². The van der Waals surface area contributed by atoms with Crippen molar-refractivity contribution in [1.82, 2.24) is 4.98 Å². The monoisotopic (exact) mass is 274 g/mol. The molecule has 2 aromatic rings. The number of thioether (sulfide) groups is 1. The molecule has 0 amide bonds. The third-order valence-corrected chi connectivity index (χ3v) is 4.23. The van der Waals surface area contributed by atoms with Crippen LogP contribution in [0.1, 0.15) is 17.7 Å². The van der Waals surface area contributed by atoms with Crippen molar-refractivity contribution in [2.24, 2.45) is 5.73 Å². The number of rotatable bonds is 5. The molecule has 0 bridgehead atoms. The maximum atomic E-state index is 6.14. The molecule has 100 valence electrons. The average Bonchev–Trinajstić information content (AvgIpc) is 2.45. The molecule has 2 N–H and O–H groups in total. The van der Waals surface area contributed by atoms with Crippen molar-refractivity contribution < 1.29 is 4.74 Å². The van der Waals surface area contributed by atoms with Crippen LogP contribution in [0.3, 0.4) is 0 Å². The Balaban J connectivity index is 2.30. The van der Waals surface area contributed by atoms with Gasteiger partial charge in [0.1, 0.15) is 5.75 Å². The maximum Gasteiger partial charge on any atom is 0.123 e. The lowest BCUT2D eigenvalue weighted by Crippen LogP contribution is -2.23. The van der Waals surface area contributed by atoms with Crippen LogP contribution in [0.2, 0.25) is 0 Å². The van der Waals surface area contributed by atoms with Crippen molar-refractivity contribution in [2.45, 2.75) is 23.2 Å². The van der Waals surface area contributed by atoms with E-state index in [1.807, 2.05) is 43.3 Å². The van der Waals surface area contributed by atoms with Gasteiger partial charge >= 0.3 is 0 Å². The molecule has 2 unspecified atom stereocenters. The average molecular weight is 274 g/mol. The predicted octanol–water partition coefficient (Wildman–Crippen LogP) is 3.27. The number of nitrogens with two attached hydrogens (primary N) is 1. The lowest BCUT2D eigenvalue weighted by atomic mass is 10.1. The van der Waals surface area contributed by atoms with Gasteiger partial charge in [0.05, 0.1) is 17.4 Å². The number of aromatic nitrogens is 1. The first kappa shape index (κ1) is 13.9. The molecule has 0 saturated heterocycles. The molecule has 3 nitrogen and oxygen atoms in total. The van der Waals surface area contributed by atoms with Crippen LogP contribution in [0.15, 0.2) is 53.7 Å². The zero-order chi connectivity index (χ0) is 13.7. The number of benzene rings is 1. The number of ether oxygens (including phenoxy) is 1. The number of para-hydroxylation sites is 1. The van der Waals surface area contributed by atoms with Crippen molar-refractivity contribution in [3.63, 3.8) is 0 Å². The Labute approximate surface area is 118 Å². The third-order valence-electron chi connectivity index (χ3n) is 2.81. The minimum atomic E-state index is 0.00306. The zero-order valence-electron chi connectivity index (χ0n) is 11.1. The molecule has 0 fully saturated rings. The first-order chi connectivity index (χ1) is 9.22. The van der Waals surface area contributed by atoms with E-state index in [9.17, 15) is 0 Å². The highest BCUT2D eigenvalue weighted by atomic mass is 32.2. The molecule has 0 aliphatic rings. The first-order valence-corrected chi connectivity index (χ1v) is 7.06. The van der Waals surface area contributed by atoms with E-state index in [0.717, 1.165) is 16.3 Å². The molecule has 0 aliphatic heterocycles. The molecule has 1 aromatic heterocycles. The highest BCUT2D eigenvalue weighted by Crippen LogP contribution is 2.40. The van der Waals surface area contributed by atoms with Crippen LogP contribution in [0.5, 0.6) is 5.75 Å². The second-order valence-corrected chi connectivity index (χ2v) is 5.47. The summed E-state index contributed by atoms with van der Waals surface area (Å²) in [6, 6.07) is 13.9. The molecule has 1 heterocycles. The van der Waals surface area contributed by atoms with Gasteiger partial charge in [-0.05, 0) is 25.1 Å². The molecule has 19 heavy (non-hydrogen) atoms. The summed E-state index contributed by atoms with van der Waals surface area (Å²) >= 11 is 1.66. The minimum Gasteiger partial charge on any atom is -0.496 e. The molecule has 0 aliphatic carbocycles. The van der Waals surface area contributed by atoms with Gasteiger partial charge in [0, 0.05) is 17.8 Å². The highest BCUT2D eigenvalue weighted by Gasteiger charge is 2.21. The van der Waals surface area contributed by atoms with E-state index in [-0.39, 0.29) is 11.3 Å². The van der Waals surface area contributed by atoms with Gasteiger partial charge in [-0.15, -0.1) is 0 Å². The Kier molecular flexibility index (Phi) is 4.82. The van der Waals surface area contributed by atoms with Crippen molar-refractivity contribution in [2.75, 3.05) is 7.11 Å². The predicted molar refractivity (Wildman–Crippen MR) is 79.5 cm³/mol. The second-order valence-electron chi connectivity index (χ2n) is 4.31. The van der Waals surface area contributed by atoms with Crippen molar-refractivity contribution in [1.29, 1.82) is 0 Å². The van der Waals surface area contributed by atoms with Crippen LogP contribution in [0.4, 0.5) is 0 Å². The molecule has 2 rings (SSSR count). The molecule has 2 atom stereocenters. The van der Waals surface area contributed by atoms with E-state index in [1.54, 1.807) is 25.1 Å². The summed E-state index contributed by atoms with van der Waals surface area (Å²) in [5, 5.41) is 1.08. The van der Waals surface area contributed by atoms with E-state index >= 15 is 0 Å². The summed E-state index contributed by atoms with van der Waals surface area (Å²) in [7, 11) is 1.68. The minimum absolute atomic E-state index is 0.00306. The van der Waals surface area contributed by atoms with Crippen LogP contribution < -0.4 is 10.5 Å². The number of pyridine rings is 1. The quantitative estimate of drug-likeness (QED) is 0.850. The SMILES string of the molecule is COc1ccccc1C(Sc1ccccn1)C(C)N. The van der Waals surface area contributed by atoms with E-state index in [1.165, 1.54) is 0 Å². The lowest BCUT2D eigenvalue weighted by molar-refractivity contribution is 0.408. The largest absolute Gasteiger partial charge is 0.496 e. The van der Waals surface area contributed by atoms with Crippen LogP contribution in [0.25, 0.3) is 0 Å². The summed E-state index contributed by atoms with van der Waals surface area (Å²) < 4.78 is 5.42. The molecule has 1 aromatic carbocycles. The Bertz CT molecular complexity index is 517. The summed E-state index contributed by atoms with van der Waals surface area (Å²) in [6.07, 6.45) is 1.79. The number of methoxy groups -OCH3 is 1. The standard InChI is InChI=1S/C15H18N2OS/c1-11(16)15(19-14-9-5-6-10-17-14)12-7-3-4-8-13(12)18-2/h3-11,15H,16H2,1-2H3. The second kappa shape index (κ2) is 6.59. The van der Waals surface area contributed by atoms with Gasteiger partial charge in [-0.1, -0.05) is 36.0 Å². The fourth-order valence-electron chi connectivity index (χ4n) is 1.90. The van der Waals surface area contributed by atoms with Gasteiger partial charge < -0.3 is 10.5 Å². The van der Waals surface area contributed by atoms with Crippen LogP contribution in [-0.2, 0) is 0 Å². The van der Waals surface area contributed by atoms with Gasteiger partial charge in [0.15, 0.2) is 0 Å². The van der Waals surface area contributed by atoms with Crippen molar-refractivity contribution in [3.8, 4) is 5.75 Å². The smallest absolute Gasteiger partial charge is 0.123 e. The fraction of sp³-hybridized carbons (Fsp3) is 0.267. The Morgan fingerprint density at radius 1 is 1.16 bits per heavy atom. The lowest BCUT2D eigenvalue weighted by Gasteiger charge is -2.22. The van der Waals surface area contributed by atoms with Crippen molar-refractivity contribution in [3.05, 3.63) is 54.2 Å². The number of hydrogen-bond donors (Lipinski definition) is 1. The molecule has 0 saturated carbocycles. The summed E-state index contributed by atoms with van der Waals surface area (Å²) in [5.41, 5.74) is 7.24. The van der Waals surface area contributed by atoms with Gasteiger partial charge in [-0.2, -0.15) is 0 Å². The van der Waals surface area contributed by atoms with Gasteiger partial charge in [-0.3, -0.25) is 0 Å². The summed E-state index contributed by atoms with van der Waals surface area (Å²) in [5.74, 6) is 0.869. The number of hydrogen-bond acceptors (Lipinski definition) is 4. The zero-order valence-corrected chi connectivity index (χ0v) is 11.9. The molecular weight excluding hydrogens is 256 g/mol. The molecule has 0 spiro atoms. The number of nitrogens with zero attached hydrogens (tertiary/aromatic N) is 1. The van der Waals surface area contributed by atoms with Gasteiger partial charge in [0.2, 0.25) is 0 Å². The molecule has 4 heteroatoms. The highest BCUT2D eigenvalue weighted by molar-refractivity contribution is 7.99. The van der Waals surface area contributed by atoms with Crippen LogP contribution in [0, 0.1) is 0 Å². The maximum absolute atomic E-state index is 6.14. The van der Waals surface area contributed by atoms with Crippen LogP contribution >= 0.6 is 11.8 Å². The normalized spacial score (nSPS) is 13.8. The molecular formula is C15H18N2OS. The summed E-state index contributed by atoms with van der Waals surface area (Å²) in [6.45, 7) is 2.01. The topological polar surface area (TPSA) is 48.1 Å². The Hall–Kier alpha value is -1.52. The van der Waals surface area contributed by atoms with E-state index in [2.05, 4.69) is 11.1 Å². The Morgan fingerprint density at radius 3 is 2.53 bits per heavy atom. The Morgan fingerprint density at radius 2 is 1.89 bits per heavy atom. The van der Waals surface area contributed by atoms with Crippen LogP contribution in [-0.4, -0.2) is 18.1 Å². The van der Waals surface area contributed by atoms with E-state index < -0.39 is 0 Å². The van der Waals surface area contributed by atoms with Gasteiger partial charge in [-0.25, -0.2) is 4.98 Å². The van der Waals surface area contributed by atoms with E-state index in [4.69, 9.17) is 10.5 Å². The fourth-order valence-corrected chi connectivity index (χ4v) is 2.98. The third kappa shape index (κ3) is 3.49. The van der Waals surface area contributed by atoms with Gasteiger partial charge in [0.25, 0.3) is 0 Å². The first-order valence-electron chi connectivity index (χ1n) is 6.18. The molecule has 0 radical (unpaired) electrons. The summed E-state index contributed by atoms with van der Waals surface area (Å²) in [4.78, 5) is 4.35.